The van der Waals surface area contributed by atoms with Gasteiger partial charge in [0.15, 0.2) is 5.75 Å². The predicted molar refractivity (Wildman–Crippen MR) is 69.8 cm³/mol. The summed E-state index contributed by atoms with van der Waals surface area (Å²) in [6.45, 7) is 0. The van der Waals surface area contributed by atoms with Crippen molar-refractivity contribution in [3.63, 3.8) is 0 Å². The Morgan fingerprint density at radius 1 is 1.42 bits per heavy atom. The first kappa shape index (κ1) is 13.3. The molecule has 0 aliphatic carbocycles. The lowest BCUT2D eigenvalue weighted by Crippen LogP contribution is -2.03. The van der Waals surface area contributed by atoms with E-state index in [0.717, 1.165) is 0 Å². The largest absolute Gasteiger partial charge is 0.478 e. The van der Waals surface area contributed by atoms with Gasteiger partial charge in [-0.25, -0.2) is 14.2 Å². The fraction of sp³-hybridized carbons (Fsp3) is 0. The van der Waals surface area contributed by atoms with Crippen LogP contribution >= 0.6 is 15.9 Å². The van der Waals surface area contributed by atoms with Crippen LogP contribution in [0.2, 0.25) is 0 Å². The number of halogens is 2. The molecule has 0 amide bonds. The normalized spacial score (nSPS) is 10.2. The van der Waals surface area contributed by atoms with E-state index in [1.54, 1.807) is 0 Å². The van der Waals surface area contributed by atoms with Gasteiger partial charge in [-0.2, -0.15) is 0 Å². The highest BCUT2D eigenvalue weighted by molar-refractivity contribution is 9.10. The fourth-order valence-corrected chi connectivity index (χ4v) is 1.73. The number of aromatic nitrogens is 1. The molecule has 0 spiro atoms. The maximum Gasteiger partial charge on any atom is 0.339 e. The molecule has 0 aliphatic heterocycles. The second kappa shape index (κ2) is 5.23. The lowest BCUT2D eigenvalue weighted by Gasteiger charge is -2.09. The third-order valence-electron chi connectivity index (χ3n) is 2.24. The summed E-state index contributed by atoms with van der Waals surface area (Å²) in [6, 6.07) is 5.15. The molecule has 0 unspecified atom stereocenters. The van der Waals surface area contributed by atoms with Crippen LogP contribution in [0.25, 0.3) is 0 Å². The van der Waals surface area contributed by atoms with Crippen LogP contribution < -0.4 is 10.5 Å². The number of ether oxygens (including phenoxy) is 1. The molecular formula is C12H8BrFN2O3. The zero-order chi connectivity index (χ0) is 14.0. The number of carboxylic acid groups (broad SMARTS) is 1. The Kier molecular flexibility index (Phi) is 3.66. The van der Waals surface area contributed by atoms with E-state index in [4.69, 9.17) is 15.6 Å². The summed E-state index contributed by atoms with van der Waals surface area (Å²) in [5.41, 5.74) is 5.30. The lowest BCUT2D eigenvalue weighted by atomic mass is 10.2. The van der Waals surface area contributed by atoms with Gasteiger partial charge in [0.2, 0.25) is 0 Å². The minimum atomic E-state index is -1.19. The Labute approximate surface area is 116 Å². The van der Waals surface area contributed by atoms with Crippen LogP contribution in [0.15, 0.2) is 34.9 Å². The van der Waals surface area contributed by atoms with E-state index in [1.807, 2.05) is 0 Å². The van der Waals surface area contributed by atoms with Crippen molar-refractivity contribution in [2.24, 2.45) is 0 Å². The first-order valence-corrected chi connectivity index (χ1v) is 5.88. The van der Waals surface area contributed by atoms with Crippen molar-refractivity contribution in [1.82, 2.24) is 4.98 Å². The molecule has 1 aromatic heterocycles. The molecule has 3 N–H and O–H groups in total. The average molecular weight is 327 g/mol. The third kappa shape index (κ3) is 3.00. The lowest BCUT2D eigenvalue weighted by molar-refractivity contribution is 0.0694. The standard InChI is InChI=1S/C12H8BrFN2O3/c13-8-3-6(1-2-9(8)14)19-10-5-16-11(15)4-7(10)12(17)18/h1-5H,(H2,15,16)(H,17,18). The zero-order valence-electron chi connectivity index (χ0n) is 9.43. The highest BCUT2D eigenvalue weighted by Gasteiger charge is 2.14. The molecule has 1 heterocycles. The van der Waals surface area contributed by atoms with Crippen molar-refractivity contribution in [3.05, 3.63) is 46.3 Å². The van der Waals surface area contributed by atoms with Gasteiger partial charge >= 0.3 is 5.97 Å². The van der Waals surface area contributed by atoms with Gasteiger partial charge in [-0.1, -0.05) is 0 Å². The van der Waals surface area contributed by atoms with Crippen molar-refractivity contribution in [2.45, 2.75) is 0 Å². The van der Waals surface area contributed by atoms with Crippen molar-refractivity contribution in [1.29, 1.82) is 0 Å². The van der Waals surface area contributed by atoms with Crippen LogP contribution in [0, 0.1) is 5.82 Å². The van der Waals surface area contributed by atoms with Gasteiger partial charge in [-0.15, -0.1) is 0 Å². The van der Waals surface area contributed by atoms with Crippen molar-refractivity contribution in [2.75, 3.05) is 5.73 Å². The number of carboxylic acids is 1. The summed E-state index contributed by atoms with van der Waals surface area (Å²) >= 11 is 3.01. The van der Waals surface area contributed by atoms with Crippen LogP contribution in [0.3, 0.4) is 0 Å². The number of pyridine rings is 1. The SMILES string of the molecule is Nc1cc(C(=O)O)c(Oc2ccc(F)c(Br)c2)cn1. The Hall–Kier alpha value is -2.15. The number of hydrogen-bond acceptors (Lipinski definition) is 4. The molecule has 0 saturated heterocycles. The summed E-state index contributed by atoms with van der Waals surface area (Å²) < 4.78 is 18.7. The minimum absolute atomic E-state index is 0.0280. The van der Waals surface area contributed by atoms with Gasteiger partial charge in [-0.05, 0) is 40.2 Å². The van der Waals surface area contributed by atoms with E-state index in [0.29, 0.717) is 0 Å². The molecule has 98 valence electrons. The van der Waals surface area contributed by atoms with E-state index in [1.165, 1.54) is 30.5 Å². The van der Waals surface area contributed by atoms with E-state index < -0.39 is 11.8 Å². The van der Waals surface area contributed by atoms with E-state index in [9.17, 15) is 9.18 Å². The zero-order valence-corrected chi connectivity index (χ0v) is 11.0. The van der Waals surface area contributed by atoms with Gasteiger partial charge in [0, 0.05) is 0 Å². The van der Waals surface area contributed by atoms with Gasteiger partial charge in [0.1, 0.15) is 22.9 Å². The fourth-order valence-electron chi connectivity index (χ4n) is 1.37. The average Bonchev–Trinajstić information content (AvgIpc) is 2.36. The molecule has 0 saturated carbocycles. The number of rotatable bonds is 3. The van der Waals surface area contributed by atoms with Crippen LogP contribution in [-0.4, -0.2) is 16.1 Å². The van der Waals surface area contributed by atoms with E-state index in [2.05, 4.69) is 20.9 Å². The molecule has 2 aromatic rings. The number of aromatic carboxylic acids is 1. The molecule has 0 aliphatic rings. The quantitative estimate of drug-likeness (QED) is 0.905. The molecule has 19 heavy (non-hydrogen) atoms. The Bertz CT molecular complexity index is 649. The van der Waals surface area contributed by atoms with E-state index in [-0.39, 0.29) is 27.4 Å². The monoisotopic (exact) mass is 326 g/mol. The summed E-state index contributed by atoms with van der Waals surface area (Å²) in [6.07, 6.45) is 1.20. The number of nitrogens with two attached hydrogens (primary N) is 1. The van der Waals surface area contributed by atoms with Crippen LogP contribution in [0.4, 0.5) is 10.2 Å². The third-order valence-corrected chi connectivity index (χ3v) is 2.85. The smallest absolute Gasteiger partial charge is 0.339 e. The Morgan fingerprint density at radius 3 is 2.79 bits per heavy atom. The van der Waals surface area contributed by atoms with Crippen LogP contribution in [-0.2, 0) is 0 Å². The number of carbonyl (C=O) groups is 1. The number of nitrogens with zero attached hydrogens (tertiary/aromatic N) is 1. The molecule has 2 rings (SSSR count). The second-order valence-corrected chi connectivity index (χ2v) is 4.44. The van der Waals surface area contributed by atoms with Gasteiger partial charge < -0.3 is 15.6 Å². The molecule has 0 fully saturated rings. The molecule has 5 nitrogen and oxygen atoms in total. The summed E-state index contributed by atoms with van der Waals surface area (Å²) in [5, 5.41) is 9.03. The van der Waals surface area contributed by atoms with Gasteiger partial charge in [0.25, 0.3) is 0 Å². The highest BCUT2D eigenvalue weighted by Crippen LogP contribution is 2.28. The van der Waals surface area contributed by atoms with E-state index >= 15 is 0 Å². The summed E-state index contributed by atoms with van der Waals surface area (Å²) in [5.74, 6) is -1.25. The molecule has 0 radical (unpaired) electrons. The number of anilines is 1. The first-order chi connectivity index (χ1) is 8.97. The highest BCUT2D eigenvalue weighted by atomic mass is 79.9. The topological polar surface area (TPSA) is 85.4 Å². The van der Waals surface area contributed by atoms with Crippen molar-refractivity contribution < 1.29 is 19.0 Å². The Morgan fingerprint density at radius 2 is 2.16 bits per heavy atom. The Balaban J connectivity index is 2.37. The number of hydrogen-bond donors (Lipinski definition) is 2. The van der Waals surface area contributed by atoms with Crippen LogP contribution in [0.1, 0.15) is 10.4 Å². The van der Waals surface area contributed by atoms with Crippen LogP contribution in [0.5, 0.6) is 11.5 Å². The van der Waals surface area contributed by atoms with Crippen molar-refractivity contribution >= 4 is 27.7 Å². The van der Waals surface area contributed by atoms with Crippen molar-refractivity contribution in [3.8, 4) is 11.5 Å². The molecule has 7 heteroatoms. The van der Waals surface area contributed by atoms with Gasteiger partial charge in [-0.3, -0.25) is 0 Å². The predicted octanol–water partition coefficient (Wildman–Crippen LogP) is 3.06. The molecule has 1 aromatic carbocycles. The first-order valence-electron chi connectivity index (χ1n) is 5.09. The molecule has 0 bridgehead atoms. The van der Waals surface area contributed by atoms with Gasteiger partial charge in [0.05, 0.1) is 10.7 Å². The second-order valence-electron chi connectivity index (χ2n) is 3.59. The number of benzene rings is 1. The number of nitrogen functional groups attached to an aromatic ring is 1. The minimum Gasteiger partial charge on any atom is -0.478 e. The summed E-state index contributed by atoms with van der Waals surface area (Å²) in [7, 11) is 0. The molecular weight excluding hydrogens is 319 g/mol. The molecule has 0 atom stereocenters. The summed E-state index contributed by atoms with van der Waals surface area (Å²) in [4.78, 5) is 14.8. The maximum absolute atomic E-state index is 13.1. The maximum atomic E-state index is 13.1.